The first-order valence-corrected chi connectivity index (χ1v) is 13.1. The second-order valence-corrected chi connectivity index (χ2v) is 10.7. The molecule has 190 valence electrons. The van der Waals surface area contributed by atoms with Crippen LogP contribution < -0.4 is 5.32 Å². The molecule has 2 aromatic carbocycles. The number of carbonyl (C=O) groups is 3. The van der Waals surface area contributed by atoms with Crippen LogP contribution in [0.15, 0.2) is 42.5 Å². The highest BCUT2D eigenvalue weighted by Gasteiger charge is 2.38. The van der Waals surface area contributed by atoms with Crippen LogP contribution in [-0.4, -0.2) is 59.9 Å². The van der Waals surface area contributed by atoms with Crippen molar-refractivity contribution in [3.63, 3.8) is 0 Å². The lowest BCUT2D eigenvalue weighted by molar-refractivity contribution is 0.0475. The lowest BCUT2D eigenvalue weighted by atomic mass is 9.91. The number of rotatable bonds is 7. The molecule has 2 aromatic rings. The van der Waals surface area contributed by atoms with Crippen molar-refractivity contribution in [2.75, 3.05) is 26.2 Å². The molecule has 0 saturated carbocycles. The van der Waals surface area contributed by atoms with E-state index in [1.807, 2.05) is 12.1 Å². The smallest absolute Gasteiger partial charge is 0.261 e. The van der Waals surface area contributed by atoms with Gasteiger partial charge in [0.2, 0.25) is 0 Å². The lowest BCUT2D eigenvalue weighted by Gasteiger charge is -2.35. The molecule has 3 heterocycles. The highest BCUT2D eigenvalue weighted by Crippen LogP contribution is 2.27. The van der Waals surface area contributed by atoms with Crippen LogP contribution in [-0.2, 0) is 17.8 Å². The summed E-state index contributed by atoms with van der Waals surface area (Å²) in [5.74, 6) is 0.460. The first-order chi connectivity index (χ1) is 17.4. The van der Waals surface area contributed by atoms with Gasteiger partial charge in [0.05, 0.1) is 23.8 Å². The monoisotopic (exact) mass is 489 g/mol. The number of likely N-dealkylation sites (tertiary alicyclic amines) is 1. The molecule has 3 atom stereocenters. The van der Waals surface area contributed by atoms with E-state index in [4.69, 9.17) is 4.74 Å². The Kier molecular flexibility index (Phi) is 7.21. The maximum Gasteiger partial charge on any atom is 0.261 e. The number of fused-ring (bicyclic) bond motifs is 1. The third-order valence-electron chi connectivity index (χ3n) is 7.54. The number of hydrogen-bond acceptors (Lipinski definition) is 5. The molecule has 2 saturated heterocycles. The van der Waals surface area contributed by atoms with Gasteiger partial charge >= 0.3 is 0 Å². The van der Waals surface area contributed by atoms with Crippen molar-refractivity contribution in [3.8, 4) is 0 Å². The van der Waals surface area contributed by atoms with Gasteiger partial charge in [-0.15, -0.1) is 0 Å². The summed E-state index contributed by atoms with van der Waals surface area (Å²) >= 11 is 0. The average Bonchev–Trinajstić information content (AvgIpc) is 3.45. The molecule has 7 nitrogen and oxygen atoms in total. The van der Waals surface area contributed by atoms with E-state index >= 15 is 0 Å². The Bertz CT molecular complexity index is 1150. The highest BCUT2D eigenvalue weighted by atomic mass is 16.5. The number of imide groups is 1. The molecule has 0 spiro atoms. The van der Waals surface area contributed by atoms with Crippen molar-refractivity contribution in [2.45, 2.75) is 52.3 Å². The topological polar surface area (TPSA) is 79.0 Å². The molecule has 0 aliphatic carbocycles. The molecule has 0 unspecified atom stereocenters. The van der Waals surface area contributed by atoms with Gasteiger partial charge < -0.3 is 10.1 Å². The van der Waals surface area contributed by atoms with Crippen molar-refractivity contribution in [1.82, 2.24) is 15.1 Å². The van der Waals surface area contributed by atoms with Crippen molar-refractivity contribution in [1.29, 1.82) is 0 Å². The Morgan fingerprint density at radius 2 is 1.72 bits per heavy atom. The summed E-state index contributed by atoms with van der Waals surface area (Å²) < 4.78 is 5.60. The van der Waals surface area contributed by atoms with Crippen LogP contribution in [0, 0.1) is 11.8 Å². The largest absolute Gasteiger partial charge is 0.376 e. The molecular weight excluding hydrogens is 454 g/mol. The molecule has 0 radical (unpaired) electrons. The van der Waals surface area contributed by atoms with E-state index in [1.165, 1.54) is 16.9 Å². The van der Waals surface area contributed by atoms with Gasteiger partial charge in [0.1, 0.15) is 0 Å². The minimum absolute atomic E-state index is 0.105. The second-order valence-electron chi connectivity index (χ2n) is 10.7. The van der Waals surface area contributed by atoms with Crippen LogP contribution in [0.4, 0.5) is 0 Å². The van der Waals surface area contributed by atoms with Crippen LogP contribution >= 0.6 is 0 Å². The average molecular weight is 490 g/mol. The number of ether oxygens (including phenoxy) is 1. The van der Waals surface area contributed by atoms with Crippen molar-refractivity contribution in [2.24, 2.45) is 11.8 Å². The molecule has 3 aliphatic heterocycles. The standard InChI is InChI=1S/C29H35N3O4/c1-19-12-20(2)16-31(15-19)17-23-7-4-3-6-22(23)14-30-27(33)21-9-10-25-26(13-21)29(35)32(28(25)34)18-24-8-5-11-36-24/h3-4,6-7,9-10,13,19-20,24H,5,8,11-12,14-18H2,1-2H3,(H,30,33)/t19-,20-,24-/m0/s1. The lowest BCUT2D eigenvalue weighted by Crippen LogP contribution is -2.38. The first kappa shape index (κ1) is 24.7. The maximum atomic E-state index is 13.0. The number of hydrogen-bond donors (Lipinski definition) is 1. The summed E-state index contributed by atoms with van der Waals surface area (Å²) in [5.41, 5.74) is 3.33. The van der Waals surface area contributed by atoms with Crippen LogP contribution in [0.1, 0.15) is 75.3 Å². The summed E-state index contributed by atoms with van der Waals surface area (Å²) in [6, 6.07) is 13.0. The Hall–Kier alpha value is -3.03. The first-order valence-electron chi connectivity index (χ1n) is 13.1. The fourth-order valence-electron chi connectivity index (χ4n) is 5.91. The van der Waals surface area contributed by atoms with Crippen LogP contribution in [0.5, 0.6) is 0 Å². The number of piperidine rings is 1. The third kappa shape index (κ3) is 5.22. The molecule has 0 bridgehead atoms. The molecule has 7 heteroatoms. The Balaban J connectivity index is 1.24. The zero-order valence-corrected chi connectivity index (χ0v) is 21.2. The Morgan fingerprint density at radius 1 is 1.00 bits per heavy atom. The van der Waals surface area contributed by atoms with Crippen LogP contribution in [0.25, 0.3) is 0 Å². The van der Waals surface area contributed by atoms with E-state index < -0.39 is 0 Å². The van der Waals surface area contributed by atoms with Gasteiger partial charge in [-0.25, -0.2) is 0 Å². The molecule has 3 aliphatic rings. The predicted molar refractivity (Wildman–Crippen MR) is 137 cm³/mol. The maximum absolute atomic E-state index is 13.0. The normalized spacial score (nSPS) is 24.3. The Morgan fingerprint density at radius 3 is 2.44 bits per heavy atom. The van der Waals surface area contributed by atoms with Crippen molar-refractivity contribution < 1.29 is 19.1 Å². The minimum atomic E-state index is -0.351. The predicted octanol–water partition coefficient (Wildman–Crippen LogP) is 3.87. The van der Waals surface area contributed by atoms with E-state index in [9.17, 15) is 14.4 Å². The quantitative estimate of drug-likeness (QED) is 0.598. The zero-order valence-electron chi connectivity index (χ0n) is 21.2. The van der Waals surface area contributed by atoms with E-state index in [-0.39, 0.29) is 30.4 Å². The summed E-state index contributed by atoms with van der Waals surface area (Å²) in [7, 11) is 0. The van der Waals surface area contributed by atoms with Gasteiger partial charge in [0.25, 0.3) is 17.7 Å². The highest BCUT2D eigenvalue weighted by molar-refractivity contribution is 6.22. The second kappa shape index (κ2) is 10.5. The molecule has 36 heavy (non-hydrogen) atoms. The number of nitrogens with zero attached hydrogens (tertiary/aromatic N) is 2. The number of amides is 3. The summed E-state index contributed by atoms with van der Waals surface area (Å²) in [4.78, 5) is 42.5. The van der Waals surface area contributed by atoms with Crippen molar-refractivity contribution >= 4 is 17.7 Å². The summed E-state index contributed by atoms with van der Waals surface area (Å²) in [5, 5.41) is 3.01. The zero-order chi connectivity index (χ0) is 25.2. The number of nitrogens with one attached hydrogen (secondary N) is 1. The molecule has 0 aromatic heterocycles. The summed E-state index contributed by atoms with van der Waals surface area (Å²) in [6.45, 7) is 9.01. The molecule has 2 fully saturated rings. The molecular formula is C29H35N3O4. The SMILES string of the molecule is C[C@H]1C[C@H](C)CN(Cc2ccccc2CNC(=O)c2ccc3c(c2)C(=O)N(C[C@@H]2CCCO2)C3=O)C1. The van der Waals surface area contributed by atoms with Gasteiger partial charge in [-0.05, 0) is 60.4 Å². The van der Waals surface area contributed by atoms with Crippen molar-refractivity contribution in [3.05, 3.63) is 70.3 Å². The van der Waals surface area contributed by atoms with E-state index in [1.54, 1.807) is 18.2 Å². The number of carbonyl (C=O) groups excluding carboxylic acids is 3. The number of benzene rings is 2. The van der Waals surface area contributed by atoms with Gasteiger partial charge in [0.15, 0.2) is 0 Å². The molecule has 1 N–H and O–H groups in total. The van der Waals surface area contributed by atoms with Gasteiger partial charge in [-0.3, -0.25) is 24.2 Å². The van der Waals surface area contributed by atoms with Gasteiger partial charge in [-0.2, -0.15) is 0 Å². The van der Waals surface area contributed by atoms with E-state index in [0.717, 1.165) is 38.0 Å². The van der Waals surface area contributed by atoms with E-state index in [0.29, 0.717) is 41.7 Å². The minimum Gasteiger partial charge on any atom is -0.376 e. The van der Waals surface area contributed by atoms with Gasteiger partial charge in [-0.1, -0.05) is 38.1 Å². The van der Waals surface area contributed by atoms with Gasteiger partial charge in [0, 0.05) is 38.3 Å². The molecule has 3 amide bonds. The summed E-state index contributed by atoms with van der Waals surface area (Å²) in [6.07, 6.45) is 2.96. The Labute approximate surface area is 212 Å². The fraction of sp³-hybridized carbons (Fsp3) is 0.483. The van der Waals surface area contributed by atoms with Crippen LogP contribution in [0.3, 0.4) is 0 Å². The molecule has 5 rings (SSSR count). The third-order valence-corrected chi connectivity index (χ3v) is 7.54. The van der Waals surface area contributed by atoms with Crippen LogP contribution in [0.2, 0.25) is 0 Å². The van der Waals surface area contributed by atoms with E-state index in [2.05, 4.69) is 36.2 Å². The fourth-order valence-corrected chi connectivity index (χ4v) is 5.91.